The van der Waals surface area contributed by atoms with Crippen molar-refractivity contribution in [1.29, 1.82) is 0 Å². The molecule has 10 heteroatoms. The van der Waals surface area contributed by atoms with Crippen molar-refractivity contribution in [2.24, 2.45) is 7.05 Å². The third kappa shape index (κ3) is 2.93. The fourth-order valence-electron chi connectivity index (χ4n) is 2.62. The first-order chi connectivity index (χ1) is 11.0. The van der Waals surface area contributed by atoms with Crippen LogP contribution in [0.25, 0.3) is 0 Å². The highest BCUT2D eigenvalue weighted by molar-refractivity contribution is 7.91. The van der Waals surface area contributed by atoms with Gasteiger partial charge in [-0.2, -0.15) is 0 Å². The maximum absolute atomic E-state index is 12.6. The van der Waals surface area contributed by atoms with Crippen LogP contribution in [0.5, 0.6) is 0 Å². The smallest absolute Gasteiger partial charge is 0.274 e. The first-order valence-corrected chi connectivity index (χ1v) is 8.68. The minimum Gasteiger partial charge on any atom is -0.337 e. The molecule has 0 bridgehead atoms. The normalized spacial score (nSPS) is 16.5. The van der Waals surface area contributed by atoms with E-state index in [1.54, 1.807) is 11.9 Å². The Morgan fingerprint density at radius 3 is 2.57 bits per heavy atom. The molecule has 0 spiro atoms. The van der Waals surface area contributed by atoms with Crippen LogP contribution in [0.2, 0.25) is 0 Å². The van der Waals surface area contributed by atoms with E-state index < -0.39 is 15.1 Å². The van der Waals surface area contributed by atoms with Crippen LogP contribution in [0.1, 0.15) is 23.3 Å². The fourth-order valence-corrected chi connectivity index (χ4v) is 4.36. The van der Waals surface area contributed by atoms with Crippen LogP contribution in [-0.4, -0.2) is 62.3 Å². The van der Waals surface area contributed by atoms with Crippen molar-refractivity contribution in [1.82, 2.24) is 29.6 Å². The standard InChI is InChI=1S/C13H16N6O3S/c1-18-9-16-17-13(18)23(21,22)10-2-6-19(7-3-10)12(20)11-8-14-4-5-15-11/h4-5,8-10H,2-3,6-7H2,1H3. The van der Waals surface area contributed by atoms with E-state index in [1.807, 2.05) is 0 Å². The van der Waals surface area contributed by atoms with Gasteiger partial charge in [-0.25, -0.2) is 13.4 Å². The molecule has 23 heavy (non-hydrogen) atoms. The molecule has 0 unspecified atom stereocenters. The van der Waals surface area contributed by atoms with Crippen LogP contribution < -0.4 is 0 Å². The van der Waals surface area contributed by atoms with Crippen molar-refractivity contribution in [3.63, 3.8) is 0 Å². The molecule has 3 rings (SSSR count). The number of hydrogen-bond donors (Lipinski definition) is 0. The van der Waals surface area contributed by atoms with Gasteiger partial charge in [0, 0.05) is 32.5 Å². The van der Waals surface area contributed by atoms with Crippen LogP contribution in [-0.2, 0) is 16.9 Å². The molecule has 0 aliphatic carbocycles. The summed E-state index contributed by atoms with van der Waals surface area (Å²) in [6, 6.07) is 0. The van der Waals surface area contributed by atoms with Crippen LogP contribution in [0, 0.1) is 0 Å². The second-order valence-electron chi connectivity index (χ2n) is 5.35. The monoisotopic (exact) mass is 336 g/mol. The van der Waals surface area contributed by atoms with E-state index >= 15 is 0 Å². The number of sulfone groups is 1. The molecule has 122 valence electrons. The van der Waals surface area contributed by atoms with Gasteiger partial charge in [0.1, 0.15) is 12.0 Å². The highest BCUT2D eigenvalue weighted by atomic mass is 32.2. The van der Waals surface area contributed by atoms with E-state index in [-0.39, 0.29) is 16.8 Å². The topological polar surface area (TPSA) is 111 Å². The summed E-state index contributed by atoms with van der Waals surface area (Å²) in [4.78, 5) is 21.7. The molecule has 1 aliphatic rings. The Morgan fingerprint density at radius 1 is 1.26 bits per heavy atom. The average molecular weight is 336 g/mol. The Labute approximate surface area is 133 Å². The SMILES string of the molecule is Cn1cnnc1S(=O)(=O)C1CCN(C(=O)c2cnccn2)CC1. The molecule has 2 aromatic heterocycles. The summed E-state index contributed by atoms with van der Waals surface area (Å²) < 4.78 is 26.5. The molecule has 1 aliphatic heterocycles. The molecule has 0 saturated carbocycles. The molecule has 0 N–H and O–H groups in total. The van der Waals surface area contributed by atoms with Gasteiger partial charge >= 0.3 is 0 Å². The summed E-state index contributed by atoms with van der Waals surface area (Å²) in [5.41, 5.74) is 0.266. The van der Waals surface area contributed by atoms with Crippen LogP contribution >= 0.6 is 0 Å². The van der Waals surface area contributed by atoms with Gasteiger partial charge in [0.05, 0.1) is 11.4 Å². The lowest BCUT2D eigenvalue weighted by atomic mass is 10.1. The average Bonchev–Trinajstić information content (AvgIpc) is 3.02. The van der Waals surface area contributed by atoms with Crippen LogP contribution in [0.3, 0.4) is 0 Å². The lowest BCUT2D eigenvalue weighted by Gasteiger charge is -2.31. The van der Waals surface area contributed by atoms with Gasteiger partial charge in [-0.15, -0.1) is 10.2 Å². The first-order valence-electron chi connectivity index (χ1n) is 7.13. The maximum atomic E-state index is 12.6. The molecule has 1 saturated heterocycles. The van der Waals surface area contributed by atoms with Crippen LogP contribution in [0.15, 0.2) is 30.1 Å². The van der Waals surface area contributed by atoms with Gasteiger partial charge in [-0.1, -0.05) is 0 Å². The largest absolute Gasteiger partial charge is 0.337 e. The minimum atomic E-state index is -3.54. The van der Waals surface area contributed by atoms with E-state index in [9.17, 15) is 13.2 Å². The Balaban J connectivity index is 1.69. The number of aromatic nitrogens is 5. The number of hydrogen-bond acceptors (Lipinski definition) is 7. The number of piperidine rings is 1. The maximum Gasteiger partial charge on any atom is 0.274 e. The van der Waals surface area contributed by atoms with Crippen molar-refractivity contribution in [2.45, 2.75) is 23.2 Å². The van der Waals surface area contributed by atoms with Crippen molar-refractivity contribution in [3.8, 4) is 0 Å². The zero-order chi connectivity index (χ0) is 16.4. The minimum absolute atomic E-state index is 0.0313. The second-order valence-corrected chi connectivity index (χ2v) is 7.47. The third-order valence-corrected chi connectivity index (χ3v) is 6.10. The quantitative estimate of drug-likeness (QED) is 0.755. The van der Waals surface area contributed by atoms with Crippen molar-refractivity contribution >= 4 is 15.7 Å². The van der Waals surface area contributed by atoms with Gasteiger partial charge in [-0.05, 0) is 12.8 Å². The molecule has 9 nitrogen and oxygen atoms in total. The number of nitrogens with zero attached hydrogens (tertiary/aromatic N) is 6. The van der Waals surface area contributed by atoms with Gasteiger partial charge < -0.3 is 9.47 Å². The predicted octanol–water partition coefficient (Wildman–Crippen LogP) is -0.316. The van der Waals surface area contributed by atoms with E-state index in [0.717, 1.165) is 0 Å². The molecule has 0 aromatic carbocycles. The number of amides is 1. The number of carbonyl (C=O) groups is 1. The van der Waals surface area contributed by atoms with E-state index in [4.69, 9.17) is 0 Å². The third-order valence-electron chi connectivity index (χ3n) is 3.87. The predicted molar refractivity (Wildman–Crippen MR) is 79.1 cm³/mol. The fraction of sp³-hybridized carbons (Fsp3) is 0.462. The molecule has 3 heterocycles. The molecule has 1 amide bonds. The Hall–Kier alpha value is -2.36. The number of rotatable bonds is 3. The number of aryl methyl sites for hydroxylation is 1. The zero-order valence-corrected chi connectivity index (χ0v) is 13.3. The van der Waals surface area contributed by atoms with E-state index in [0.29, 0.717) is 25.9 Å². The Kier molecular flexibility index (Phi) is 4.07. The van der Waals surface area contributed by atoms with Gasteiger partial charge in [-0.3, -0.25) is 9.78 Å². The number of likely N-dealkylation sites (tertiary alicyclic amines) is 1. The second kappa shape index (κ2) is 6.03. The summed E-state index contributed by atoms with van der Waals surface area (Å²) in [6.45, 7) is 0.717. The summed E-state index contributed by atoms with van der Waals surface area (Å²) in [5.74, 6) is -0.229. The molecular weight excluding hydrogens is 320 g/mol. The van der Waals surface area contributed by atoms with Gasteiger partial charge in [0.25, 0.3) is 5.91 Å². The lowest BCUT2D eigenvalue weighted by Crippen LogP contribution is -2.43. The molecule has 0 radical (unpaired) electrons. The summed E-state index contributed by atoms with van der Waals surface area (Å²) in [6.07, 6.45) is 6.45. The van der Waals surface area contributed by atoms with Gasteiger partial charge in [0.15, 0.2) is 0 Å². The Morgan fingerprint density at radius 2 is 2.00 bits per heavy atom. The highest BCUT2D eigenvalue weighted by Crippen LogP contribution is 2.23. The van der Waals surface area contributed by atoms with Crippen molar-refractivity contribution in [2.75, 3.05) is 13.1 Å². The molecule has 1 fully saturated rings. The zero-order valence-electron chi connectivity index (χ0n) is 12.5. The summed E-state index contributed by atoms with van der Waals surface area (Å²) in [5, 5.41) is 6.72. The summed E-state index contributed by atoms with van der Waals surface area (Å²) >= 11 is 0. The van der Waals surface area contributed by atoms with Crippen molar-refractivity contribution < 1.29 is 13.2 Å². The molecule has 2 aromatic rings. The number of carbonyl (C=O) groups excluding carboxylic acids is 1. The van der Waals surface area contributed by atoms with E-state index in [2.05, 4.69) is 20.2 Å². The first kappa shape index (κ1) is 15.5. The molecule has 0 atom stereocenters. The van der Waals surface area contributed by atoms with Crippen molar-refractivity contribution in [3.05, 3.63) is 30.6 Å². The van der Waals surface area contributed by atoms with Gasteiger partial charge in [0.2, 0.25) is 15.0 Å². The highest BCUT2D eigenvalue weighted by Gasteiger charge is 2.35. The lowest BCUT2D eigenvalue weighted by molar-refractivity contribution is 0.0719. The molecular formula is C13H16N6O3S. The Bertz CT molecular complexity index is 796. The summed E-state index contributed by atoms with van der Waals surface area (Å²) in [7, 11) is -1.94. The van der Waals surface area contributed by atoms with E-state index in [1.165, 1.54) is 29.5 Å². The van der Waals surface area contributed by atoms with Crippen LogP contribution in [0.4, 0.5) is 0 Å².